The first-order chi connectivity index (χ1) is 8.11. The molecule has 1 saturated heterocycles. The number of likely N-dealkylation sites (tertiary alicyclic amines) is 1. The van der Waals surface area contributed by atoms with Crippen LogP contribution in [-0.4, -0.2) is 38.1 Å². The Morgan fingerprint density at radius 1 is 1.53 bits per heavy atom. The summed E-state index contributed by atoms with van der Waals surface area (Å²) in [6.45, 7) is 1.95. The van der Waals surface area contributed by atoms with Crippen molar-refractivity contribution in [2.45, 2.75) is 38.8 Å². The van der Waals surface area contributed by atoms with Crippen LogP contribution in [0.1, 0.15) is 31.5 Å². The maximum Gasteiger partial charge on any atom is 0.326 e. The van der Waals surface area contributed by atoms with Crippen LogP contribution in [0.15, 0.2) is 4.42 Å². The molecule has 1 aromatic heterocycles. The van der Waals surface area contributed by atoms with Crippen molar-refractivity contribution >= 4 is 11.9 Å². The molecule has 1 fully saturated rings. The van der Waals surface area contributed by atoms with E-state index in [9.17, 15) is 9.59 Å². The molecule has 1 aliphatic rings. The normalized spacial score (nSPS) is 19.9. The predicted molar refractivity (Wildman–Crippen MR) is 54.9 cm³/mol. The van der Waals surface area contributed by atoms with Crippen LogP contribution in [0.25, 0.3) is 0 Å². The number of carbonyl (C=O) groups is 2. The number of aryl methyl sites for hydroxylation is 1. The first kappa shape index (κ1) is 11.6. The topological polar surface area (TPSA) is 96.5 Å². The van der Waals surface area contributed by atoms with Crippen molar-refractivity contribution in [2.75, 3.05) is 0 Å². The minimum atomic E-state index is -0.994. The summed E-state index contributed by atoms with van der Waals surface area (Å²) in [5.41, 5.74) is 0. The van der Waals surface area contributed by atoms with Crippen molar-refractivity contribution in [3.05, 3.63) is 11.8 Å². The molecular weight excluding hydrogens is 226 g/mol. The van der Waals surface area contributed by atoms with Gasteiger partial charge in [-0.2, -0.15) is 0 Å². The summed E-state index contributed by atoms with van der Waals surface area (Å²) in [5.74, 6) is -0.415. The number of aromatic nitrogens is 2. The highest BCUT2D eigenvalue weighted by Crippen LogP contribution is 2.21. The third-order valence-electron chi connectivity index (χ3n) is 2.73. The zero-order valence-electron chi connectivity index (χ0n) is 9.42. The van der Waals surface area contributed by atoms with Crippen molar-refractivity contribution in [3.8, 4) is 0 Å². The number of hydrogen-bond acceptors (Lipinski definition) is 5. The fourth-order valence-corrected chi connectivity index (χ4v) is 1.83. The lowest BCUT2D eigenvalue weighted by Crippen LogP contribution is -2.38. The van der Waals surface area contributed by atoms with Crippen LogP contribution >= 0.6 is 0 Å². The van der Waals surface area contributed by atoms with Gasteiger partial charge < -0.3 is 14.4 Å². The number of carboxylic acids is 1. The molecule has 1 aliphatic heterocycles. The number of amides is 1. The largest absolute Gasteiger partial charge is 0.480 e. The van der Waals surface area contributed by atoms with E-state index in [-0.39, 0.29) is 24.8 Å². The standard InChI is InChI=1S/C10H13N3O4/c1-2-7-11-12-8(17-7)5-13-6(10(15)16)3-4-9(13)14/h6H,2-5H2,1H3,(H,15,16). The number of carbonyl (C=O) groups excluding carboxylic acids is 1. The molecule has 1 N–H and O–H groups in total. The molecule has 1 atom stereocenters. The van der Waals surface area contributed by atoms with E-state index in [1.807, 2.05) is 6.92 Å². The van der Waals surface area contributed by atoms with Crippen molar-refractivity contribution in [1.29, 1.82) is 0 Å². The third-order valence-corrected chi connectivity index (χ3v) is 2.73. The highest BCUT2D eigenvalue weighted by molar-refractivity contribution is 5.87. The quantitative estimate of drug-likeness (QED) is 0.806. The second kappa shape index (κ2) is 4.52. The molecule has 1 unspecified atom stereocenters. The van der Waals surface area contributed by atoms with Crippen LogP contribution in [0.3, 0.4) is 0 Å². The first-order valence-corrected chi connectivity index (χ1v) is 5.45. The van der Waals surface area contributed by atoms with Gasteiger partial charge in [-0.25, -0.2) is 4.79 Å². The molecule has 7 heteroatoms. The molecule has 0 saturated carbocycles. The predicted octanol–water partition coefficient (Wildman–Crippen LogP) is 0.208. The van der Waals surface area contributed by atoms with Crippen molar-refractivity contribution < 1.29 is 19.1 Å². The number of rotatable bonds is 4. The fourth-order valence-electron chi connectivity index (χ4n) is 1.83. The molecule has 7 nitrogen and oxygen atoms in total. The van der Waals surface area contributed by atoms with E-state index in [0.29, 0.717) is 18.7 Å². The zero-order chi connectivity index (χ0) is 12.4. The monoisotopic (exact) mass is 239 g/mol. The van der Waals surface area contributed by atoms with Crippen LogP contribution in [0.4, 0.5) is 0 Å². The molecule has 17 heavy (non-hydrogen) atoms. The summed E-state index contributed by atoms with van der Waals surface area (Å²) in [7, 11) is 0. The molecule has 0 bridgehead atoms. The van der Waals surface area contributed by atoms with E-state index in [1.54, 1.807) is 0 Å². The Hall–Kier alpha value is -1.92. The van der Waals surface area contributed by atoms with Crippen molar-refractivity contribution in [2.24, 2.45) is 0 Å². The summed E-state index contributed by atoms with van der Waals surface area (Å²) in [5, 5.41) is 16.5. The molecule has 2 rings (SSSR count). The average Bonchev–Trinajstić information content (AvgIpc) is 2.87. The lowest BCUT2D eigenvalue weighted by atomic mass is 10.2. The maximum absolute atomic E-state index is 11.5. The Balaban J connectivity index is 2.10. The smallest absolute Gasteiger partial charge is 0.326 e. The Kier molecular flexibility index (Phi) is 3.08. The molecule has 0 aromatic carbocycles. The van der Waals surface area contributed by atoms with E-state index >= 15 is 0 Å². The van der Waals surface area contributed by atoms with Gasteiger partial charge >= 0.3 is 5.97 Å². The van der Waals surface area contributed by atoms with Gasteiger partial charge in [0.1, 0.15) is 6.04 Å². The van der Waals surface area contributed by atoms with E-state index in [0.717, 1.165) is 0 Å². The van der Waals surface area contributed by atoms with Gasteiger partial charge in [-0.05, 0) is 6.42 Å². The van der Waals surface area contributed by atoms with Gasteiger partial charge in [0.2, 0.25) is 17.7 Å². The number of nitrogens with zero attached hydrogens (tertiary/aromatic N) is 3. The third kappa shape index (κ3) is 2.27. The minimum absolute atomic E-state index is 0.0722. The summed E-state index contributed by atoms with van der Waals surface area (Å²) < 4.78 is 5.26. The second-order valence-electron chi connectivity index (χ2n) is 3.86. The first-order valence-electron chi connectivity index (χ1n) is 5.45. The van der Waals surface area contributed by atoms with E-state index < -0.39 is 12.0 Å². The number of hydrogen-bond donors (Lipinski definition) is 1. The highest BCUT2D eigenvalue weighted by atomic mass is 16.4. The van der Waals surface area contributed by atoms with Crippen LogP contribution in [0.2, 0.25) is 0 Å². The summed E-state index contributed by atoms with van der Waals surface area (Å²) in [4.78, 5) is 23.8. The lowest BCUT2D eigenvalue weighted by Gasteiger charge is -2.19. The van der Waals surface area contributed by atoms with Crippen LogP contribution in [0, 0.1) is 0 Å². The van der Waals surface area contributed by atoms with Gasteiger partial charge in [-0.15, -0.1) is 10.2 Å². The Morgan fingerprint density at radius 3 is 2.82 bits per heavy atom. The molecule has 0 aliphatic carbocycles. The molecule has 92 valence electrons. The van der Waals surface area contributed by atoms with Gasteiger partial charge in [0, 0.05) is 12.8 Å². The van der Waals surface area contributed by atoms with Crippen molar-refractivity contribution in [1.82, 2.24) is 15.1 Å². The minimum Gasteiger partial charge on any atom is -0.480 e. The average molecular weight is 239 g/mol. The second-order valence-corrected chi connectivity index (χ2v) is 3.86. The summed E-state index contributed by atoms with van der Waals surface area (Å²) in [6.07, 6.45) is 1.21. The van der Waals surface area contributed by atoms with E-state index in [2.05, 4.69) is 10.2 Å². The molecule has 2 heterocycles. The SMILES string of the molecule is CCc1nnc(CN2C(=O)CCC2C(=O)O)o1. The Labute approximate surface area is 97.4 Å². The fraction of sp³-hybridized carbons (Fsp3) is 0.600. The summed E-state index contributed by atoms with van der Waals surface area (Å²) >= 11 is 0. The van der Waals surface area contributed by atoms with Gasteiger partial charge in [0.15, 0.2) is 0 Å². The van der Waals surface area contributed by atoms with Crippen LogP contribution < -0.4 is 0 Å². The molecule has 0 spiro atoms. The number of carboxylic acid groups (broad SMARTS) is 1. The highest BCUT2D eigenvalue weighted by Gasteiger charge is 2.36. The van der Waals surface area contributed by atoms with Gasteiger partial charge in [-0.3, -0.25) is 4.79 Å². The van der Waals surface area contributed by atoms with Crippen molar-refractivity contribution in [3.63, 3.8) is 0 Å². The van der Waals surface area contributed by atoms with Crippen LogP contribution in [0.5, 0.6) is 0 Å². The maximum atomic E-state index is 11.5. The van der Waals surface area contributed by atoms with E-state index in [1.165, 1.54) is 4.90 Å². The Bertz CT molecular complexity index is 443. The van der Waals surface area contributed by atoms with E-state index in [4.69, 9.17) is 9.52 Å². The Morgan fingerprint density at radius 2 is 2.24 bits per heavy atom. The zero-order valence-corrected chi connectivity index (χ0v) is 9.42. The number of aliphatic carboxylic acids is 1. The lowest BCUT2D eigenvalue weighted by molar-refractivity contribution is -0.146. The van der Waals surface area contributed by atoms with Gasteiger partial charge in [0.25, 0.3) is 0 Å². The van der Waals surface area contributed by atoms with Gasteiger partial charge in [-0.1, -0.05) is 6.92 Å². The molecule has 1 aromatic rings. The summed E-state index contributed by atoms with van der Waals surface area (Å²) in [6, 6.07) is -0.778. The van der Waals surface area contributed by atoms with Gasteiger partial charge in [0.05, 0.1) is 6.54 Å². The molecule has 1 amide bonds. The molecular formula is C10H13N3O4. The molecule has 0 radical (unpaired) electrons. The van der Waals surface area contributed by atoms with Crippen LogP contribution in [-0.2, 0) is 22.6 Å².